The first-order chi connectivity index (χ1) is 9.22. The molecular formula is C14H14N2O2S. The number of fused-ring (bicyclic) bond motifs is 1. The van der Waals surface area contributed by atoms with E-state index in [1.807, 2.05) is 24.4 Å². The number of ether oxygens (including phenoxy) is 2. The van der Waals surface area contributed by atoms with Crippen molar-refractivity contribution in [3.63, 3.8) is 0 Å². The lowest BCUT2D eigenvalue weighted by molar-refractivity contribution is 0.395. The van der Waals surface area contributed by atoms with Crippen LogP contribution in [0.1, 0.15) is 5.69 Å². The first kappa shape index (κ1) is 12.0. The predicted molar refractivity (Wildman–Crippen MR) is 76.3 cm³/mol. The second-order valence-corrected chi connectivity index (χ2v) is 5.06. The third kappa shape index (κ3) is 1.96. The Morgan fingerprint density at radius 2 is 2.05 bits per heavy atom. The summed E-state index contributed by atoms with van der Waals surface area (Å²) in [4.78, 5) is 5.62. The Bertz CT molecular complexity index is 730. The van der Waals surface area contributed by atoms with Crippen LogP contribution in [0.25, 0.3) is 16.2 Å². The maximum Gasteiger partial charge on any atom is 0.194 e. The van der Waals surface area contributed by atoms with E-state index in [-0.39, 0.29) is 0 Å². The van der Waals surface area contributed by atoms with Gasteiger partial charge in [-0.05, 0) is 19.1 Å². The van der Waals surface area contributed by atoms with Crippen molar-refractivity contribution in [2.75, 3.05) is 14.2 Å². The lowest BCUT2D eigenvalue weighted by Crippen LogP contribution is -1.90. The molecule has 0 aliphatic carbocycles. The van der Waals surface area contributed by atoms with Crippen molar-refractivity contribution in [2.45, 2.75) is 6.92 Å². The van der Waals surface area contributed by atoms with Crippen LogP contribution in [0.15, 0.2) is 29.8 Å². The number of imidazole rings is 1. The second-order valence-electron chi connectivity index (χ2n) is 4.22. The Labute approximate surface area is 115 Å². The van der Waals surface area contributed by atoms with Gasteiger partial charge in [-0.3, -0.25) is 4.40 Å². The van der Waals surface area contributed by atoms with E-state index in [0.29, 0.717) is 0 Å². The molecule has 0 unspecified atom stereocenters. The lowest BCUT2D eigenvalue weighted by Gasteiger charge is -2.08. The van der Waals surface area contributed by atoms with Gasteiger partial charge in [0, 0.05) is 28.9 Å². The van der Waals surface area contributed by atoms with Crippen molar-refractivity contribution in [3.8, 4) is 22.8 Å². The number of hydrogen-bond donors (Lipinski definition) is 0. The Morgan fingerprint density at radius 1 is 1.21 bits per heavy atom. The van der Waals surface area contributed by atoms with Gasteiger partial charge >= 0.3 is 0 Å². The van der Waals surface area contributed by atoms with E-state index in [1.54, 1.807) is 25.6 Å². The molecule has 0 saturated carbocycles. The van der Waals surface area contributed by atoms with Gasteiger partial charge in [-0.25, -0.2) is 4.98 Å². The summed E-state index contributed by atoms with van der Waals surface area (Å²) in [5, 5.41) is 2.09. The fourth-order valence-corrected chi connectivity index (χ4v) is 2.88. The van der Waals surface area contributed by atoms with Crippen molar-refractivity contribution in [1.29, 1.82) is 0 Å². The van der Waals surface area contributed by atoms with Gasteiger partial charge in [-0.1, -0.05) is 0 Å². The molecule has 0 spiro atoms. The molecule has 98 valence electrons. The molecule has 0 atom stereocenters. The Kier molecular flexibility index (Phi) is 2.91. The summed E-state index contributed by atoms with van der Waals surface area (Å²) < 4.78 is 12.7. The first-order valence-corrected chi connectivity index (χ1v) is 6.76. The molecule has 5 heteroatoms. The first-order valence-electron chi connectivity index (χ1n) is 5.88. The van der Waals surface area contributed by atoms with Gasteiger partial charge in [-0.2, -0.15) is 0 Å². The van der Waals surface area contributed by atoms with Crippen molar-refractivity contribution >= 4 is 16.3 Å². The predicted octanol–water partition coefficient (Wildman–Crippen LogP) is 3.39. The molecule has 2 heterocycles. The highest BCUT2D eigenvalue weighted by Gasteiger charge is 2.12. The average molecular weight is 274 g/mol. The zero-order valence-corrected chi connectivity index (χ0v) is 11.8. The number of aryl methyl sites for hydroxylation is 1. The summed E-state index contributed by atoms with van der Waals surface area (Å²) in [5.41, 5.74) is 3.07. The number of aromatic nitrogens is 2. The van der Waals surface area contributed by atoms with Crippen molar-refractivity contribution in [1.82, 2.24) is 9.38 Å². The molecule has 0 aliphatic heterocycles. The van der Waals surface area contributed by atoms with Gasteiger partial charge in [0.1, 0.15) is 11.5 Å². The van der Waals surface area contributed by atoms with Crippen LogP contribution >= 0.6 is 11.3 Å². The molecule has 0 amide bonds. The summed E-state index contributed by atoms with van der Waals surface area (Å²) in [6.07, 6.45) is 2.03. The van der Waals surface area contributed by atoms with Crippen LogP contribution < -0.4 is 9.47 Å². The molecule has 19 heavy (non-hydrogen) atoms. The number of nitrogens with zero attached hydrogens (tertiary/aromatic N) is 2. The van der Waals surface area contributed by atoms with E-state index < -0.39 is 0 Å². The number of methoxy groups -OCH3 is 2. The summed E-state index contributed by atoms with van der Waals surface area (Å²) in [7, 11) is 3.30. The quantitative estimate of drug-likeness (QED) is 0.734. The third-order valence-corrected chi connectivity index (χ3v) is 4.03. The molecule has 0 bridgehead atoms. The third-order valence-electron chi connectivity index (χ3n) is 3.07. The van der Waals surface area contributed by atoms with Gasteiger partial charge in [0.15, 0.2) is 4.96 Å². The normalized spacial score (nSPS) is 10.9. The van der Waals surface area contributed by atoms with Gasteiger partial charge in [-0.15, -0.1) is 11.3 Å². The van der Waals surface area contributed by atoms with Crippen LogP contribution in [0, 0.1) is 6.92 Å². The van der Waals surface area contributed by atoms with Crippen LogP contribution in [0.5, 0.6) is 11.5 Å². The van der Waals surface area contributed by atoms with Crippen LogP contribution in [0.4, 0.5) is 0 Å². The Balaban J connectivity index is 2.14. The highest BCUT2D eigenvalue weighted by atomic mass is 32.1. The lowest BCUT2D eigenvalue weighted by atomic mass is 10.1. The molecular weight excluding hydrogens is 260 g/mol. The zero-order valence-electron chi connectivity index (χ0n) is 11.0. The van der Waals surface area contributed by atoms with Crippen molar-refractivity contribution < 1.29 is 9.47 Å². The van der Waals surface area contributed by atoms with Crippen molar-refractivity contribution in [2.24, 2.45) is 0 Å². The van der Waals surface area contributed by atoms with E-state index in [9.17, 15) is 0 Å². The summed E-state index contributed by atoms with van der Waals surface area (Å²) in [5.74, 6) is 1.54. The minimum absolute atomic E-state index is 0.766. The minimum atomic E-state index is 0.766. The largest absolute Gasteiger partial charge is 0.497 e. The minimum Gasteiger partial charge on any atom is -0.497 e. The molecule has 0 radical (unpaired) electrons. The molecule has 0 fully saturated rings. The fourth-order valence-electron chi connectivity index (χ4n) is 2.03. The van der Waals surface area contributed by atoms with E-state index in [1.165, 1.54) is 5.69 Å². The van der Waals surface area contributed by atoms with Gasteiger partial charge < -0.3 is 9.47 Å². The molecule has 3 rings (SSSR count). The standard InChI is InChI=1S/C14H14N2O2S/c1-9-8-19-14-15-12(7-16(9)14)11-5-4-10(17-2)6-13(11)18-3/h4-8H,1-3H3. The number of rotatable bonds is 3. The van der Waals surface area contributed by atoms with E-state index >= 15 is 0 Å². The van der Waals surface area contributed by atoms with Gasteiger partial charge in [0.05, 0.1) is 19.9 Å². The maximum atomic E-state index is 5.42. The molecule has 0 aliphatic rings. The van der Waals surface area contributed by atoms with Gasteiger partial charge in [0.2, 0.25) is 0 Å². The monoisotopic (exact) mass is 274 g/mol. The van der Waals surface area contributed by atoms with E-state index in [4.69, 9.17) is 9.47 Å². The van der Waals surface area contributed by atoms with Gasteiger partial charge in [0.25, 0.3) is 0 Å². The maximum absolute atomic E-state index is 5.42. The topological polar surface area (TPSA) is 35.8 Å². The molecule has 0 saturated heterocycles. The number of hydrogen-bond acceptors (Lipinski definition) is 4. The summed E-state index contributed by atoms with van der Waals surface area (Å²) >= 11 is 1.64. The van der Waals surface area contributed by atoms with Crippen LogP contribution in [-0.2, 0) is 0 Å². The van der Waals surface area contributed by atoms with E-state index in [0.717, 1.165) is 27.7 Å². The second kappa shape index (κ2) is 4.59. The molecule has 2 aromatic heterocycles. The number of benzene rings is 1. The fraction of sp³-hybridized carbons (Fsp3) is 0.214. The molecule has 3 aromatic rings. The smallest absolute Gasteiger partial charge is 0.194 e. The molecule has 1 aromatic carbocycles. The highest BCUT2D eigenvalue weighted by Crippen LogP contribution is 2.33. The van der Waals surface area contributed by atoms with Crippen LogP contribution in [0.3, 0.4) is 0 Å². The highest BCUT2D eigenvalue weighted by molar-refractivity contribution is 7.15. The molecule has 0 N–H and O–H groups in total. The van der Waals surface area contributed by atoms with Crippen LogP contribution in [0.2, 0.25) is 0 Å². The number of thiazole rings is 1. The average Bonchev–Trinajstić information content (AvgIpc) is 3.00. The SMILES string of the molecule is COc1ccc(-c2cn3c(C)csc3n2)c(OC)c1. The summed E-state index contributed by atoms with van der Waals surface area (Å²) in [6, 6.07) is 5.76. The van der Waals surface area contributed by atoms with Crippen LogP contribution in [-0.4, -0.2) is 23.6 Å². The zero-order chi connectivity index (χ0) is 13.4. The Hall–Kier alpha value is -2.01. The Morgan fingerprint density at radius 3 is 2.74 bits per heavy atom. The van der Waals surface area contributed by atoms with E-state index in [2.05, 4.69) is 21.7 Å². The molecule has 4 nitrogen and oxygen atoms in total. The van der Waals surface area contributed by atoms with Crippen molar-refractivity contribution in [3.05, 3.63) is 35.5 Å². The summed E-state index contributed by atoms with van der Waals surface area (Å²) in [6.45, 7) is 2.07.